The molecule has 7 heteroatoms. The summed E-state index contributed by atoms with van der Waals surface area (Å²) >= 11 is 3.36. The molecule has 0 fully saturated rings. The van der Waals surface area contributed by atoms with Crippen LogP contribution in [0, 0.1) is 6.57 Å². The van der Waals surface area contributed by atoms with Crippen molar-refractivity contribution in [3.63, 3.8) is 0 Å². The molecule has 0 saturated carbocycles. The second-order valence-corrected chi connectivity index (χ2v) is 12.3. The second-order valence-electron chi connectivity index (χ2n) is 5.81. The Hall–Kier alpha value is -1.23. The summed E-state index contributed by atoms with van der Waals surface area (Å²) in [6.07, 6.45) is 1.70. The molecule has 0 aromatic carbocycles. The molecule has 0 aliphatic heterocycles. The Balaban J connectivity index is 2.13. The van der Waals surface area contributed by atoms with Gasteiger partial charge in [-0.15, -0.1) is 4.68 Å². The number of ether oxygens (including phenoxy) is 1. The number of hydrogen-bond acceptors (Lipinski definition) is 3. The normalized spacial score (nSPS) is 11.8. The lowest BCUT2D eigenvalue weighted by molar-refractivity contribution is 0.0815. The maximum atomic E-state index is 7.18. The van der Waals surface area contributed by atoms with Gasteiger partial charge in [0.25, 0.3) is 0 Å². The van der Waals surface area contributed by atoms with Crippen LogP contribution in [0.25, 0.3) is 15.9 Å². The molecule has 0 saturated heterocycles. The Labute approximate surface area is 127 Å². The maximum absolute atomic E-state index is 7.18. The Morgan fingerprint density at radius 1 is 1.45 bits per heavy atom. The predicted molar refractivity (Wildman–Crippen MR) is 85.6 cm³/mol. The fourth-order valence-corrected chi connectivity index (χ4v) is 2.81. The van der Waals surface area contributed by atoms with E-state index in [9.17, 15) is 0 Å². The quantitative estimate of drug-likeness (QED) is 0.463. The van der Waals surface area contributed by atoms with Gasteiger partial charge in [-0.25, -0.2) is 4.98 Å². The topological polar surface area (TPSA) is 44.3 Å². The lowest BCUT2D eigenvalue weighted by atomic mass is 10.3. The molecule has 0 atom stereocenters. The van der Waals surface area contributed by atoms with Gasteiger partial charge in [-0.2, -0.15) is 0 Å². The highest BCUT2D eigenvalue weighted by Gasteiger charge is 2.15. The van der Waals surface area contributed by atoms with E-state index in [1.807, 2.05) is 6.07 Å². The molecule has 0 unspecified atom stereocenters. The van der Waals surface area contributed by atoms with Gasteiger partial charge in [0.15, 0.2) is 12.4 Å². The molecule has 106 valence electrons. The average molecular weight is 353 g/mol. The largest absolute Gasteiger partial charge is 0.358 e. The maximum Gasteiger partial charge on any atom is 0.305 e. The minimum absolute atomic E-state index is 0.338. The molecule has 0 spiro atoms. The number of halogens is 1. The van der Waals surface area contributed by atoms with Crippen LogP contribution in [0.5, 0.6) is 0 Å². The fraction of sp³-hybridized carbons (Fsp3) is 0.462. The lowest BCUT2D eigenvalue weighted by Gasteiger charge is -2.14. The van der Waals surface area contributed by atoms with Gasteiger partial charge in [0.1, 0.15) is 0 Å². The monoisotopic (exact) mass is 352 g/mol. The molecular formula is C13H17BrN4OSi. The molecule has 0 radical (unpaired) electrons. The summed E-state index contributed by atoms with van der Waals surface area (Å²) in [5.74, 6) is 0.364. The zero-order chi connectivity index (χ0) is 14.8. The van der Waals surface area contributed by atoms with Crippen molar-refractivity contribution in [2.45, 2.75) is 32.4 Å². The van der Waals surface area contributed by atoms with Gasteiger partial charge in [0.05, 0.1) is 5.39 Å². The first-order chi connectivity index (χ1) is 9.40. The smallest absolute Gasteiger partial charge is 0.305 e. The third-order valence-electron chi connectivity index (χ3n) is 2.85. The van der Waals surface area contributed by atoms with Crippen LogP contribution in [0.3, 0.4) is 0 Å². The van der Waals surface area contributed by atoms with Gasteiger partial charge < -0.3 is 9.58 Å². The van der Waals surface area contributed by atoms with Gasteiger partial charge in [-0.1, -0.05) is 26.2 Å². The van der Waals surface area contributed by atoms with Gasteiger partial charge >= 0.3 is 5.82 Å². The summed E-state index contributed by atoms with van der Waals surface area (Å²) in [6, 6.07) is 2.97. The summed E-state index contributed by atoms with van der Waals surface area (Å²) in [7, 11) is -1.08. The first-order valence-electron chi connectivity index (χ1n) is 6.38. The summed E-state index contributed by atoms with van der Waals surface area (Å²) < 4.78 is 8.17. The van der Waals surface area contributed by atoms with Gasteiger partial charge in [-0.3, -0.25) is 0 Å². The van der Waals surface area contributed by atoms with E-state index in [1.54, 1.807) is 10.9 Å². The van der Waals surface area contributed by atoms with E-state index in [0.29, 0.717) is 18.2 Å². The lowest BCUT2D eigenvalue weighted by Crippen LogP contribution is -2.22. The van der Waals surface area contributed by atoms with Crippen LogP contribution in [0.2, 0.25) is 25.7 Å². The highest BCUT2D eigenvalue weighted by molar-refractivity contribution is 9.10. The van der Waals surface area contributed by atoms with E-state index in [0.717, 1.165) is 22.5 Å². The van der Waals surface area contributed by atoms with Crippen LogP contribution in [0.1, 0.15) is 0 Å². The van der Waals surface area contributed by atoms with E-state index < -0.39 is 8.07 Å². The number of hydrogen-bond donors (Lipinski definition) is 0. The molecule has 2 heterocycles. The molecular weight excluding hydrogens is 336 g/mol. The van der Waals surface area contributed by atoms with Crippen LogP contribution in [0.15, 0.2) is 16.7 Å². The molecule has 0 bridgehead atoms. The van der Waals surface area contributed by atoms with Crippen LogP contribution in [-0.4, -0.2) is 29.4 Å². The van der Waals surface area contributed by atoms with Crippen molar-refractivity contribution >= 4 is 40.9 Å². The van der Waals surface area contributed by atoms with Crippen LogP contribution in [-0.2, 0) is 11.5 Å². The third-order valence-corrected chi connectivity index (χ3v) is 4.99. The van der Waals surface area contributed by atoms with Crippen LogP contribution < -0.4 is 0 Å². The molecule has 20 heavy (non-hydrogen) atoms. The van der Waals surface area contributed by atoms with Crippen molar-refractivity contribution < 1.29 is 4.74 Å². The van der Waals surface area contributed by atoms with Crippen LogP contribution >= 0.6 is 15.9 Å². The van der Waals surface area contributed by atoms with E-state index in [4.69, 9.17) is 11.3 Å². The van der Waals surface area contributed by atoms with E-state index in [-0.39, 0.29) is 0 Å². The SMILES string of the molecule is [C-]#[N+]c1nn(COCC[Si](C)(C)C)c2ncc(Br)cc12. The zero-order valence-electron chi connectivity index (χ0n) is 11.9. The highest BCUT2D eigenvalue weighted by Crippen LogP contribution is 2.26. The van der Waals surface area contributed by atoms with Crippen LogP contribution in [0.4, 0.5) is 5.82 Å². The first-order valence-corrected chi connectivity index (χ1v) is 10.9. The van der Waals surface area contributed by atoms with Crippen molar-refractivity contribution in [2.24, 2.45) is 0 Å². The number of pyridine rings is 1. The molecule has 5 nitrogen and oxygen atoms in total. The van der Waals surface area contributed by atoms with Crippen molar-refractivity contribution in [1.82, 2.24) is 14.8 Å². The Bertz CT molecular complexity index is 657. The van der Waals surface area contributed by atoms with Gasteiger partial charge in [-0.05, 0) is 33.1 Å². The molecule has 2 aromatic rings. The third kappa shape index (κ3) is 3.66. The van der Waals surface area contributed by atoms with Gasteiger partial charge in [0.2, 0.25) is 0 Å². The van der Waals surface area contributed by atoms with E-state index in [2.05, 4.69) is 50.5 Å². The Morgan fingerprint density at radius 3 is 2.85 bits per heavy atom. The molecule has 2 aromatic heterocycles. The summed E-state index contributed by atoms with van der Waals surface area (Å²) in [5.41, 5.74) is 0.687. The number of rotatable bonds is 5. The van der Waals surface area contributed by atoms with E-state index >= 15 is 0 Å². The van der Waals surface area contributed by atoms with Gasteiger partial charge in [0, 0.05) is 25.4 Å². The summed E-state index contributed by atoms with van der Waals surface area (Å²) in [4.78, 5) is 7.75. The summed E-state index contributed by atoms with van der Waals surface area (Å²) in [6.45, 7) is 15.2. The number of fused-ring (bicyclic) bond motifs is 1. The van der Waals surface area contributed by atoms with Crippen molar-refractivity contribution in [1.29, 1.82) is 0 Å². The molecule has 0 aliphatic rings. The zero-order valence-corrected chi connectivity index (χ0v) is 14.4. The Kier molecular flexibility index (Phi) is 4.58. The average Bonchev–Trinajstić information content (AvgIpc) is 2.71. The highest BCUT2D eigenvalue weighted by atomic mass is 79.9. The number of aromatic nitrogens is 3. The first kappa shape index (κ1) is 15.2. The standard InChI is InChI=1S/C13H17BrN4OSi/c1-15-12-11-7-10(14)8-16-13(11)18(17-12)9-19-5-6-20(2,3)4/h7-8H,5-6,9H2,2-4H3. The fourth-order valence-electron chi connectivity index (χ4n) is 1.72. The minimum Gasteiger partial charge on any atom is -0.358 e. The molecule has 0 aliphatic carbocycles. The molecule has 2 rings (SSSR count). The minimum atomic E-state index is -1.08. The van der Waals surface area contributed by atoms with E-state index in [1.165, 1.54) is 0 Å². The molecule has 0 amide bonds. The Morgan fingerprint density at radius 2 is 2.20 bits per heavy atom. The van der Waals surface area contributed by atoms with Crippen molar-refractivity contribution in [2.75, 3.05) is 6.61 Å². The predicted octanol–water partition coefficient (Wildman–Crippen LogP) is 4.06. The van der Waals surface area contributed by atoms with Crippen molar-refractivity contribution in [3.8, 4) is 0 Å². The van der Waals surface area contributed by atoms with Crippen molar-refractivity contribution in [3.05, 3.63) is 28.2 Å². The number of nitrogens with zero attached hydrogens (tertiary/aromatic N) is 4. The second kappa shape index (κ2) is 6.04. The summed E-state index contributed by atoms with van der Waals surface area (Å²) in [5, 5.41) is 5.00. The molecule has 0 N–H and O–H groups in total.